The van der Waals surface area contributed by atoms with E-state index in [-0.39, 0.29) is 12.0 Å². The molecule has 3 aliphatic heterocycles. The van der Waals surface area contributed by atoms with Crippen molar-refractivity contribution >= 4 is 5.91 Å². The van der Waals surface area contributed by atoms with Gasteiger partial charge in [-0.25, -0.2) is 0 Å². The fourth-order valence-electron chi connectivity index (χ4n) is 4.08. The van der Waals surface area contributed by atoms with Crippen LogP contribution in [0.2, 0.25) is 0 Å². The minimum Gasteiger partial charge on any atom is -0.368 e. The number of carbonyl (C=O) groups is 1. The van der Waals surface area contributed by atoms with Crippen LogP contribution >= 0.6 is 0 Å². The van der Waals surface area contributed by atoms with Crippen molar-refractivity contribution in [3.63, 3.8) is 0 Å². The van der Waals surface area contributed by atoms with E-state index >= 15 is 0 Å². The van der Waals surface area contributed by atoms with E-state index in [4.69, 9.17) is 4.74 Å². The van der Waals surface area contributed by atoms with Gasteiger partial charge in [-0.2, -0.15) is 0 Å². The van der Waals surface area contributed by atoms with E-state index in [1.165, 1.54) is 38.5 Å². The standard InChI is InChI=1S/C16H28N2O2/c19-16(15-6-4-12-20-15)18-11-3-1-2-5-14(18)13-7-9-17-10-8-13/h13-15,17H,1-12H2. The molecule has 0 aromatic rings. The highest BCUT2D eigenvalue weighted by molar-refractivity contribution is 5.81. The first-order valence-electron chi connectivity index (χ1n) is 8.49. The smallest absolute Gasteiger partial charge is 0.251 e. The van der Waals surface area contributed by atoms with Gasteiger partial charge in [0.2, 0.25) is 0 Å². The van der Waals surface area contributed by atoms with Gasteiger partial charge < -0.3 is 15.0 Å². The number of piperidine rings is 1. The lowest BCUT2D eigenvalue weighted by atomic mass is 9.86. The van der Waals surface area contributed by atoms with Crippen molar-refractivity contribution in [2.45, 2.75) is 63.5 Å². The second-order valence-electron chi connectivity index (χ2n) is 6.54. The Bertz CT molecular complexity index is 322. The summed E-state index contributed by atoms with van der Waals surface area (Å²) in [6.45, 7) is 3.95. The van der Waals surface area contributed by atoms with Crippen LogP contribution in [0.1, 0.15) is 51.4 Å². The van der Waals surface area contributed by atoms with Gasteiger partial charge in [-0.1, -0.05) is 12.8 Å². The molecule has 2 atom stereocenters. The van der Waals surface area contributed by atoms with Gasteiger partial charge in [-0.05, 0) is 57.5 Å². The highest BCUT2D eigenvalue weighted by Gasteiger charge is 2.36. The zero-order valence-corrected chi connectivity index (χ0v) is 12.5. The predicted molar refractivity (Wildman–Crippen MR) is 78.5 cm³/mol. The summed E-state index contributed by atoms with van der Waals surface area (Å²) in [5, 5.41) is 3.44. The average Bonchev–Trinajstić information content (AvgIpc) is 2.92. The van der Waals surface area contributed by atoms with Crippen LogP contribution in [-0.2, 0) is 9.53 Å². The van der Waals surface area contributed by atoms with Crippen molar-refractivity contribution in [2.24, 2.45) is 5.92 Å². The van der Waals surface area contributed by atoms with Crippen molar-refractivity contribution in [1.29, 1.82) is 0 Å². The van der Waals surface area contributed by atoms with E-state index in [9.17, 15) is 4.79 Å². The number of amides is 1. The summed E-state index contributed by atoms with van der Waals surface area (Å²) in [4.78, 5) is 15.0. The topological polar surface area (TPSA) is 41.6 Å². The number of likely N-dealkylation sites (tertiary alicyclic amines) is 1. The molecule has 0 aromatic carbocycles. The fourth-order valence-corrected chi connectivity index (χ4v) is 4.08. The van der Waals surface area contributed by atoms with Crippen LogP contribution in [0.25, 0.3) is 0 Å². The molecule has 0 saturated carbocycles. The third-order valence-corrected chi connectivity index (χ3v) is 5.22. The van der Waals surface area contributed by atoms with Crippen LogP contribution in [0, 0.1) is 5.92 Å². The Morgan fingerprint density at radius 1 is 1.00 bits per heavy atom. The first-order chi connectivity index (χ1) is 9.86. The molecule has 0 aromatic heterocycles. The molecular weight excluding hydrogens is 252 g/mol. The molecule has 3 rings (SSSR count). The maximum Gasteiger partial charge on any atom is 0.251 e. The lowest BCUT2D eigenvalue weighted by Gasteiger charge is -2.39. The molecule has 4 nitrogen and oxygen atoms in total. The molecule has 3 aliphatic rings. The van der Waals surface area contributed by atoms with Crippen LogP contribution < -0.4 is 5.32 Å². The van der Waals surface area contributed by atoms with Crippen LogP contribution in [0.5, 0.6) is 0 Å². The Hall–Kier alpha value is -0.610. The number of ether oxygens (including phenoxy) is 1. The molecule has 0 spiro atoms. The molecule has 4 heteroatoms. The molecule has 1 amide bonds. The van der Waals surface area contributed by atoms with E-state index < -0.39 is 0 Å². The van der Waals surface area contributed by atoms with Crippen LogP contribution in [0.4, 0.5) is 0 Å². The molecule has 0 aliphatic carbocycles. The monoisotopic (exact) mass is 280 g/mol. The Morgan fingerprint density at radius 3 is 2.60 bits per heavy atom. The molecule has 1 N–H and O–H groups in total. The number of rotatable bonds is 2. The van der Waals surface area contributed by atoms with E-state index in [1.807, 2.05) is 0 Å². The minimum atomic E-state index is -0.141. The first kappa shape index (κ1) is 14.3. The molecule has 3 fully saturated rings. The van der Waals surface area contributed by atoms with Gasteiger partial charge in [0.15, 0.2) is 0 Å². The van der Waals surface area contributed by atoms with Crippen molar-refractivity contribution in [3.05, 3.63) is 0 Å². The van der Waals surface area contributed by atoms with E-state index in [2.05, 4.69) is 10.2 Å². The van der Waals surface area contributed by atoms with Crippen molar-refractivity contribution in [3.8, 4) is 0 Å². The van der Waals surface area contributed by atoms with Crippen molar-refractivity contribution in [2.75, 3.05) is 26.2 Å². The Kier molecular flexibility index (Phi) is 4.94. The van der Waals surface area contributed by atoms with Gasteiger partial charge in [0.25, 0.3) is 5.91 Å². The van der Waals surface area contributed by atoms with Gasteiger partial charge in [0.1, 0.15) is 6.10 Å². The molecule has 2 unspecified atom stereocenters. The highest BCUT2D eigenvalue weighted by Crippen LogP contribution is 2.30. The summed E-state index contributed by atoms with van der Waals surface area (Å²) in [6.07, 6.45) is 9.19. The number of carbonyl (C=O) groups excluding carboxylic acids is 1. The summed E-state index contributed by atoms with van der Waals surface area (Å²) in [5.74, 6) is 0.979. The summed E-state index contributed by atoms with van der Waals surface area (Å²) >= 11 is 0. The van der Waals surface area contributed by atoms with Gasteiger partial charge in [0, 0.05) is 19.2 Å². The van der Waals surface area contributed by atoms with Gasteiger partial charge in [0.05, 0.1) is 0 Å². The molecule has 114 valence electrons. The van der Waals surface area contributed by atoms with Crippen LogP contribution in [0.3, 0.4) is 0 Å². The summed E-state index contributed by atoms with van der Waals surface area (Å²) < 4.78 is 5.64. The SMILES string of the molecule is O=C(C1CCCO1)N1CCCCCC1C1CCNCC1. The quantitative estimate of drug-likeness (QED) is 0.840. The maximum absolute atomic E-state index is 12.8. The van der Waals surface area contributed by atoms with Crippen LogP contribution in [-0.4, -0.2) is 49.2 Å². The molecule has 0 radical (unpaired) electrons. The summed E-state index contributed by atoms with van der Waals surface area (Å²) in [7, 11) is 0. The lowest BCUT2D eigenvalue weighted by Crippen LogP contribution is -2.50. The first-order valence-corrected chi connectivity index (χ1v) is 8.49. The minimum absolute atomic E-state index is 0.141. The summed E-state index contributed by atoms with van der Waals surface area (Å²) in [5.41, 5.74) is 0. The van der Waals surface area contributed by atoms with E-state index in [0.717, 1.165) is 39.1 Å². The molecule has 3 heterocycles. The normalized spacial score (nSPS) is 33.1. The lowest BCUT2D eigenvalue weighted by molar-refractivity contribution is -0.144. The second kappa shape index (κ2) is 6.90. The Morgan fingerprint density at radius 2 is 1.85 bits per heavy atom. The van der Waals surface area contributed by atoms with Gasteiger partial charge >= 0.3 is 0 Å². The third kappa shape index (κ3) is 3.17. The van der Waals surface area contributed by atoms with Crippen LogP contribution in [0.15, 0.2) is 0 Å². The second-order valence-corrected chi connectivity index (χ2v) is 6.54. The number of hydrogen-bond acceptors (Lipinski definition) is 3. The molecule has 0 bridgehead atoms. The number of nitrogens with one attached hydrogen (secondary N) is 1. The van der Waals surface area contributed by atoms with E-state index in [1.54, 1.807) is 0 Å². The molecule has 3 saturated heterocycles. The predicted octanol–water partition coefficient (Wildman–Crippen LogP) is 1.94. The fraction of sp³-hybridized carbons (Fsp3) is 0.938. The van der Waals surface area contributed by atoms with Gasteiger partial charge in [-0.15, -0.1) is 0 Å². The maximum atomic E-state index is 12.8. The van der Waals surface area contributed by atoms with Crippen molar-refractivity contribution < 1.29 is 9.53 Å². The Balaban J connectivity index is 1.70. The zero-order valence-electron chi connectivity index (χ0n) is 12.5. The number of hydrogen-bond donors (Lipinski definition) is 1. The third-order valence-electron chi connectivity index (χ3n) is 5.22. The average molecular weight is 280 g/mol. The van der Waals surface area contributed by atoms with E-state index in [0.29, 0.717) is 12.0 Å². The number of nitrogens with zero attached hydrogens (tertiary/aromatic N) is 1. The largest absolute Gasteiger partial charge is 0.368 e. The van der Waals surface area contributed by atoms with Crippen molar-refractivity contribution in [1.82, 2.24) is 10.2 Å². The van der Waals surface area contributed by atoms with Gasteiger partial charge in [-0.3, -0.25) is 4.79 Å². The molecular formula is C16H28N2O2. The molecule has 20 heavy (non-hydrogen) atoms. The summed E-state index contributed by atoms with van der Waals surface area (Å²) in [6, 6.07) is 0.469. The zero-order chi connectivity index (χ0) is 13.8. The highest BCUT2D eigenvalue weighted by atomic mass is 16.5. The Labute approximate surface area is 122 Å².